The smallest absolute Gasteiger partial charge is 0.493 e. The first-order chi connectivity index (χ1) is 18.4. The molecule has 0 radical (unpaired) electrons. The first-order valence-corrected chi connectivity index (χ1v) is 13.7. The minimum Gasteiger partial charge on any atom is -0.493 e. The van der Waals surface area contributed by atoms with Gasteiger partial charge in [0, 0.05) is 23.2 Å². The number of thiazole rings is 1. The van der Waals surface area contributed by atoms with Crippen LogP contribution in [0.15, 0.2) is 54.6 Å². The lowest BCUT2D eigenvalue weighted by molar-refractivity contribution is -0.0429. The molecule has 0 fully saturated rings. The molecule has 39 heavy (non-hydrogen) atoms. The molecular weight excluding hydrogens is 567 g/mol. The molecule has 4 aromatic rings. The Kier molecular flexibility index (Phi) is 7.11. The summed E-state index contributed by atoms with van der Waals surface area (Å²) in [6.45, 7) is 0.133. The SMILES string of the molecule is O=S(=O)(Nc1cccc(CC2COc3ccc(OCc4nc5cc(F)c(F)cc5s4)cc3C2O)c1)C(F)(F)F. The fourth-order valence-corrected chi connectivity index (χ4v) is 5.59. The van der Waals surface area contributed by atoms with Gasteiger partial charge in [-0.25, -0.2) is 13.8 Å². The summed E-state index contributed by atoms with van der Waals surface area (Å²) < 4.78 is 101. The third-order valence-electron chi connectivity index (χ3n) is 6.02. The first kappa shape index (κ1) is 27.1. The van der Waals surface area contributed by atoms with Gasteiger partial charge in [-0.3, -0.25) is 4.72 Å². The summed E-state index contributed by atoms with van der Waals surface area (Å²) in [6.07, 6.45) is -0.826. The summed E-state index contributed by atoms with van der Waals surface area (Å²) >= 11 is 1.15. The molecule has 7 nitrogen and oxygen atoms in total. The van der Waals surface area contributed by atoms with E-state index in [4.69, 9.17) is 9.47 Å². The molecule has 5 rings (SSSR count). The van der Waals surface area contributed by atoms with E-state index in [1.807, 2.05) is 0 Å². The summed E-state index contributed by atoms with van der Waals surface area (Å²) in [5, 5.41) is 11.5. The second-order valence-electron chi connectivity index (χ2n) is 8.80. The van der Waals surface area contributed by atoms with Gasteiger partial charge < -0.3 is 14.6 Å². The summed E-state index contributed by atoms with van der Waals surface area (Å²) in [5.41, 5.74) is -4.48. The van der Waals surface area contributed by atoms with E-state index in [-0.39, 0.29) is 25.3 Å². The Balaban J connectivity index is 1.27. The Hall–Kier alpha value is -3.49. The average molecular weight is 587 g/mol. The van der Waals surface area contributed by atoms with Gasteiger partial charge in [0.1, 0.15) is 23.1 Å². The number of nitrogens with one attached hydrogen (secondary N) is 1. The number of rotatable bonds is 7. The van der Waals surface area contributed by atoms with Gasteiger partial charge in [0.2, 0.25) is 0 Å². The molecule has 1 aromatic heterocycles. The third-order valence-corrected chi connectivity index (χ3v) is 8.12. The van der Waals surface area contributed by atoms with Gasteiger partial charge in [-0.1, -0.05) is 12.1 Å². The standard InChI is InChI=1S/C25H19F5N2O5S2/c26-18-9-20-22(10-19(18)27)38-23(31-20)12-36-16-4-5-21-17(8-16)24(33)14(11-37-21)6-13-2-1-3-15(7-13)32-39(34,35)25(28,29)30/h1-5,7-10,14,24,32-33H,6,11-12H2. The number of alkyl halides is 3. The van der Waals surface area contributed by atoms with Crippen molar-refractivity contribution < 1.29 is 45.0 Å². The summed E-state index contributed by atoms with van der Waals surface area (Å²) in [5.74, 6) is -1.63. The van der Waals surface area contributed by atoms with Gasteiger partial charge in [-0.15, -0.1) is 11.3 Å². The minimum atomic E-state index is -5.57. The number of halogens is 5. The van der Waals surface area contributed by atoms with E-state index in [0.717, 1.165) is 23.5 Å². The number of hydrogen-bond acceptors (Lipinski definition) is 7. The van der Waals surface area contributed by atoms with E-state index < -0.39 is 39.2 Å². The number of hydrogen-bond donors (Lipinski definition) is 2. The Labute approximate surface area is 222 Å². The van der Waals surface area contributed by atoms with Crippen molar-refractivity contribution in [3.63, 3.8) is 0 Å². The van der Waals surface area contributed by atoms with Crippen LogP contribution < -0.4 is 14.2 Å². The van der Waals surface area contributed by atoms with Crippen molar-refractivity contribution >= 4 is 37.3 Å². The molecule has 0 bridgehead atoms. The zero-order valence-corrected chi connectivity index (χ0v) is 21.3. The zero-order valence-electron chi connectivity index (χ0n) is 19.7. The lowest BCUT2D eigenvalue weighted by Gasteiger charge is -2.30. The van der Waals surface area contributed by atoms with Gasteiger partial charge in [0.25, 0.3) is 0 Å². The van der Waals surface area contributed by atoms with Gasteiger partial charge in [0.05, 0.1) is 22.9 Å². The number of aromatic nitrogens is 1. The number of ether oxygens (including phenoxy) is 2. The molecular formula is C25H19F5N2O5S2. The van der Waals surface area contributed by atoms with Crippen LogP contribution in [0, 0.1) is 17.6 Å². The lowest BCUT2D eigenvalue weighted by Crippen LogP contribution is -2.30. The molecule has 0 spiro atoms. The van der Waals surface area contributed by atoms with Gasteiger partial charge in [-0.2, -0.15) is 21.6 Å². The molecule has 2 N–H and O–H groups in total. The molecule has 0 amide bonds. The van der Waals surface area contributed by atoms with Crippen LogP contribution in [0.5, 0.6) is 11.5 Å². The number of aliphatic hydroxyl groups is 1. The number of benzene rings is 3. The Morgan fingerprint density at radius 2 is 1.87 bits per heavy atom. The highest BCUT2D eigenvalue weighted by Gasteiger charge is 2.46. The van der Waals surface area contributed by atoms with Crippen molar-refractivity contribution in [2.75, 3.05) is 11.3 Å². The summed E-state index contributed by atoms with van der Waals surface area (Å²) in [4.78, 5) is 4.24. The predicted molar refractivity (Wildman–Crippen MR) is 133 cm³/mol. The normalized spacial score (nSPS) is 17.5. The summed E-state index contributed by atoms with van der Waals surface area (Å²) in [6, 6.07) is 12.4. The van der Waals surface area contributed by atoms with E-state index >= 15 is 0 Å². The average Bonchev–Trinajstić information content (AvgIpc) is 3.25. The molecule has 2 atom stereocenters. The highest BCUT2D eigenvalue weighted by atomic mass is 32.2. The topological polar surface area (TPSA) is 97.8 Å². The fraction of sp³-hybridized carbons (Fsp3) is 0.240. The molecule has 2 unspecified atom stereocenters. The van der Waals surface area contributed by atoms with Gasteiger partial charge in [-0.05, 0) is 48.4 Å². The molecule has 0 aliphatic carbocycles. The number of fused-ring (bicyclic) bond motifs is 2. The van der Waals surface area contributed by atoms with E-state index in [2.05, 4.69) is 4.98 Å². The van der Waals surface area contributed by atoms with E-state index in [1.54, 1.807) is 24.3 Å². The highest BCUT2D eigenvalue weighted by Crippen LogP contribution is 2.39. The van der Waals surface area contributed by atoms with Crippen molar-refractivity contribution in [3.05, 3.63) is 82.4 Å². The maximum absolute atomic E-state index is 13.5. The third kappa shape index (κ3) is 5.77. The van der Waals surface area contributed by atoms with Crippen molar-refractivity contribution in [1.82, 2.24) is 4.98 Å². The first-order valence-electron chi connectivity index (χ1n) is 11.4. The summed E-state index contributed by atoms with van der Waals surface area (Å²) in [7, 11) is -5.57. The van der Waals surface area contributed by atoms with Crippen LogP contribution in [-0.4, -0.2) is 30.6 Å². The van der Waals surface area contributed by atoms with Crippen molar-refractivity contribution in [2.45, 2.75) is 24.6 Å². The molecule has 206 valence electrons. The second-order valence-corrected chi connectivity index (χ2v) is 11.6. The number of anilines is 1. The molecule has 3 aromatic carbocycles. The van der Waals surface area contributed by atoms with E-state index in [0.29, 0.717) is 37.9 Å². The Morgan fingerprint density at radius 3 is 2.64 bits per heavy atom. The van der Waals surface area contributed by atoms with Crippen LogP contribution in [0.25, 0.3) is 10.2 Å². The Bertz CT molecular complexity index is 1600. The molecule has 1 aliphatic heterocycles. The maximum Gasteiger partial charge on any atom is 0.516 e. The fourth-order valence-electron chi connectivity index (χ4n) is 4.15. The predicted octanol–water partition coefficient (Wildman–Crippen LogP) is 5.70. The Morgan fingerprint density at radius 1 is 1.10 bits per heavy atom. The highest BCUT2D eigenvalue weighted by molar-refractivity contribution is 7.93. The van der Waals surface area contributed by atoms with Crippen LogP contribution in [0.4, 0.5) is 27.6 Å². The zero-order chi connectivity index (χ0) is 27.9. The van der Waals surface area contributed by atoms with Crippen LogP contribution >= 0.6 is 11.3 Å². The maximum atomic E-state index is 13.5. The van der Waals surface area contributed by atoms with Crippen LogP contribution in [0.1, 0.15) is 22.2 Å². The largest absolute Gasteiger partial charge is 0.516 e. The second kappa shape index (κ2) is 10.2. The van der Waals surface area contributed by atoms with Crippen LogP contribution in [0.3, 0.4) is 0 Å². The van der Waals surface area contributed by atoms with Crippen molar-refractivity contribution in [1.29, 1.82) is 0 Å². The molecule has 14 heteroatoms. The molecule has 1 aliphatic rings. The van der Waals surface area contributed by atoms with Crippen molar-refractivity contribution in [3.8, 4) is 11.5 Å². The van der Waals surface area contributed by atoms with Crippen LogP contribution in [-0.2, 0) is 23.1 Å². The van der Waals surface area contributed by atoms with Crippen molar-refractivity contribution in [2.24, 2.45) is 5.92 Å². The van der Waals surface area contributed by atoms with Gasteiger partial charge >= 0.3 is 15.5 Å². The minimum absolute atomic E-state index is 0.0162. The molecule has 0 saturated carbocycles. The van der Waals surface area contributed by atoms with E-state index in [1.165, 1.54) is 22.9 Å². The molecule has 2 heterocycles. The number of nitrogens with zero attached hydrogens (tertiary/aromatic N) is 1. The molecule has 0 saturated heterocycles. The van der Waals surface area contributed by atoms with E-state index in [9.17, 15) is 35.5 Å². The monoisotopic (exact) mass is 586 g/mol. The van der Waals surface area contributed by atoms with Gasteiger partial charge in [0.15, 0.2) is 11.6 Å². The van der Waals surface area contributed by atoms with Crippen LogP contribution in [0.2, 0.25) is 0 Å². The number of sulfonamides is 1. The quantitative estimate of drug-likeness (QED) is 0.270. The number of aliphatic hydroxyl groups excluding tert-OH is 1. The lowest BCUT2D eigenvalue weighted by atomic mass is 9.88.